The van der Waals surface area contributed by atoms with Crippen molar-refractivity contribution in [1.82, 2.24) is 15.5 Å². The van der Waals surface area contributed by atoms with Crippen LogP contribution in [0.4, 0.5) is 0 Å². The van der Waals surface area contributed by atoms with Gasteiger partial charge >= 0.3 is 0 Å². The van der Waals surface area contributed by atoms with E-state index in [-0.39, 0.29) is 18.0 Å². The van der Waals surface area contributed by atoms with Crippen LogP contribution in [-0.4, -0.2) is 69.5 Å². The lowest BCUT2D eigenvalue weighted by Crippen LogP contribution is -2.57. The quantitative estimate of drug-likeness (QED) is 0.611. The molecule has 0 radical (unpaired) electrons. The molecule has 2 fully saturated rings. The lowest BCUT2D eigenvalue weighted by molar-refractivity contribution is -0.136. The van der Waals surface area contributed by atoms with Crippen LogP contribution in [0.25, 0.3) is 0 Å². The largest absolute Gasteiger partial charge is 0.493 e. The molecular formula is C22H33N3O4. The average Bonchev–Trinajstić information content (AvgIpc) is 3.46. The Kier molecular flexibility index (Phi) is 6.57. The predicted octanol–water partition coefficient (Wildman–Crippen LogP) is 1.65. The van der Waals surface area contributed by atoms with Gasteiger partial charge in [0.1, 0.15) is 11.5 Å². The Balaban J connectivity index is 1.54. The van der Waals surface area contributed by atoms with E-state index in [1.807, 2.05) is 0 Å². The van der Waals surface area contributed by atoms with Crippen molar-refractivity contribution in [3.8, 4) is 11.5 Å². The van der Waals surface area contributed by atoms with Gasteiger partial charge in [-0.1, -0.05) is 0 Å². The summed E-state index contributed by atoms with van der Waals surface area (Å²) in [6.07, 6.45) is 3.88. The maximum Gasteiger partial charge on any atom is 0.241 e. The lowest BCUT2D eigenvalue weighted by atomic mass is 10.0. The van der Waals surface area contributed by atoms with Crippen LogP contribution in [0.3, 0.4) is 0 Å². The van der Waals surface area contributed by atoms with Gasteiger partial charge in [0.2, 0.25) is 5.91 Å². The van der Waals surface area contributed by atoms with Crippen molar-refractivity contribution in [3.05, 3.63) is 23.3 Å². The third-order valence-corrected chi connectivity index (χ3v) is 5.98. The molecule has 1 amide bonds. The highest BCUT2D eigenvalue weighted by Gasteiger charge is 2.39. The molecule has 1 saturated heterocycles. The third kappa shape index (κ3) is 4.68. The second-order valence-corrected chi connectivity index (χ2v) is 8.15. The van der Waals surface area contributed by atoms with Crippen LogP contribution in [0, 0.1) is 0 Å². The summed E-state index contributed by atoms with van der Waals surface area (Å²) in [5.41, 5.74) is 2.22. The van der Waals surface area contributed by atoms with E-state index in [0.29, 0.717) is 32.4 Å². The maximum atomic E-state index is 13.3. The number of methoxy groups -OCH3 is 1. The highest BCUT2D eigenvalue weighted by atomic mass is 16.5. The normalized spacial score (nSPS) is 21.9. The molecular weight excluding hydrogens is 370 g/mol. The van der Waals surface area contributed by atoms with Crippen molar-refractivity contribution in [2.45, 2.75) is 50.7 Å². The van der Waals surface area contributed by atoms with Crippen molar-refractivity contribution >= 4 is 5.91 Å². The molecule has 1 aliphatic carbocycles. The Morgan fingerprint density at radius 2 is 2.17 bits per heavy atom. The van der Waals surface area contributed by atoms with E-state index in [4.69, 9.17) is 14.2 Å². The zero-order valence-corrected chi connectivity index (χ0v) is 17.5. The summed E-state index contributed by atoms with van der Waals surface area (Å²) in [7, 11) is 1.70. The Morgan fingerprint density at radius 3 is 2.90 bits per heavy atom. The van der Waals surface area contributed by atoms with Gasteiger partial charge in [-0.25, -0.2) is 0 Å². The fourth-order valence-corrected chi connectivity index (χ4v) is 4.24. The van der Waals surface area contributed by atoms with E-state index in [0.717, 1.165) is 61.4 Å². The van der Waals surface area contributed by atoms with Crippen LogP contribution >= 0.6 is 0 Å². The fraction of sp³-hybridized carbons (Fsp3) is 0.682. The molecule has 2 N–H and O–H groups in total. The molecule has 1 aromatic rings. The average molecular weight is 404 g/mol. The van der Waals surface area contributed by atoms with Gasteiger partial charge in [0, 0.05) is 57.8 Å². The Morgan fingerprint density at radius 1 is 1.31 bits per heavy atom. The van der Waals surface area contributed by atoms with Crippen LogP contribution < -0.4 is 20.1 Å². The molecule has 0 spiro atoms. The number of nitrogens with zero attached hydrogens (tertiary/aromatic N) is 1. The second-order valence-electron chi connectivity index (χ2n) is 8.15. The van der Waals surface area contributed by atoms with Gasteiger partial charge in [0.05, 0.1) is 25.3 Å². The zero-order valence-electron chi connectivity index (χ0n) is 17.5. The van der Waals surface area contributed by atoms with Gasteiger partial charge in [-0.05, 0) is 37.5 Å². The number of fused-ring (bicyclic) bond motifs is 1. The Bertz CT molecular complexity index is 716. The molecule has 4 rings (SSSR count). The van der Waals surface area contributed by atoms with Gasteiger partial charge in [0.25, 0.3) is 0 Å². The molecule has 0 aromatic heterocycles. The summed E-state index contributed by atoms with van der Waals surface area (Å²) in [5.74, 6) is 1.98. The van der Waals surface area contributed by atoms with Gasteiger partial charge in [0.15, 0.2) is 0 Å². The molecule has 29 heavy (non-hydrogen) atoms. The molecule has 2 aliphatic heterocycles. The summed E-state index contributed by atoms with van der Waals surface area (Å²) in [6.45, 7) is 6.53. The number of ether oxygens (including phenoxy) is 3. The molecule has 1 saturated carbocycles. The van der Waals surface area contributed by atoms with E-state index in [9.17, 15) is 4.79 Å². The van der Waals surface area contributed by atoms with E-state index in [1.165, 1.54) is 0 Å². The van der Waals surface area contributed by atoms with Crippen LogP contribution in [0.15, 0.2) is 12.1 Å². The van der Waals surface area contributed by atoms with Crippen molar-refractivity contribution in [3.63, 3.8) is 0 Å². The molecule has 2 atom stereocenters. The van der Waals surface area contributed by atoms with E-state index < -0.39 is 0 Å². The number of rotatable bonds is 9. The number of benzene rings is 1. The monoisotopic (exact) mass is 403 g/mol. The SMILES string of the molecule is COCCCOc1cc([C@@H](C)N(C(=O)[C@H]2CNCCN2)C2CC2)cc2c1CCO2. The molecule has 7 heteroatoms. The number of carbonyl (C=O) groups is 1. The molecule has 7 nitrogen and oxygen atoms in total. The number of nitrogens with one attached hydrogen (secondary N) is 2. The Hall–Kier alpha value is -1.83. The zero-order chi connectivity index (χ0) is 20.2. The third-order valence-electron chi connectivity index (χ3n) is 5.98. The van der Waals surface area contributed by atoms with Crippen molar-refractivity contribution in [2.75, 3.05) is 46.6 Å². The number of hydrogen-bond acceptors (Lipinski definition) is 6. The summed E-state index contributed by atoms with van der Waals surface area (Å²) in [6, 6.07) is 4.38. The summed E-state index contributed by atoms with van der Waals surface area (Å²) >= 11 is 0. The minimum atomic E-state index is -0.151. The highest BCUT2D eigenvalue weighted by molar-refractivity contribution is 5.83. The number of carbonyl (C=O) groups excluding carboxylic acids is 1. The topological polar surface area (TPSA) is 72.1 Å². The first-order valence-corrected chi connectivity index (χ1v) is 10.9. The fourth-order valence-electron chi connectivity index (χ4n) is 4.24. The van der Waals surface area contributed by atoms with Crippen LogP contribution in [0.5, 0.6) is 11.5 Å². The predicted molar refractivity (Wildman–Crippen MR) is 111 cm³/mol. The number of hydrogen-bond donors (Lipinski definition) is 2. The van der Waals surface area contributed by atoms with E-state index in [2.05, 4.69) is 34.6 Å². The Labute approximate surface area is 173 Å². The molecule has 160 valence electrons. The van der Waals surface area contributed by atoms with Crippen LogP contribution in [0.2, 0.25) is 0 Å². The standard InChI is InChI=1S/C22H33N3O4/c1-15(25(17-4-5-17)22(26)19-14-23-7-8-24-19)16-12-20(28-10-3-9-27-2)18-6-11-29-21(18)13-16/h12-13,15,17,19,23-24H,3-11,14H2,1-2H3/t15-,19-/m1/s1. The first kappa shape index (κ1) is 20.4. The van der Waals surface area contributed by atoms with Gasteiger partial charge < -0.3 is 29.7 Å². The highest BCUT2D eigenvalue weighted by Crippen LogP contribution is 2.41. The summed E-state index contributed by atoms with van der Waals surface area (Å²) < 4.78 is 17.1. The first-order chi connectivity index (χ1) is 14.2. The summed E-state index contributed by atoms with van der Waals surface area (Å²) in [4.78, 5) is 15.4. The molecule has 0 bridgehead atoms. The molecule has 1 aromatic carbocycles. The summed E-state index contributed by atoms with van der Waals surface area (Å²) in [5, 5.41) is 6.69. The van der Waals surface area contributed by atoms with Gasteiger partial charge in [-0.2, -0.15) is 0 Å². The molecule has 3 aliphatic rings. The first-order valence-electron chi connectivity index (χ1n) is 10.9. The van der Waals surface area contributed by atoms with Crippen LogP contribution in [-0.2, 0) is 16.0 Å². The van der Waals surface area contributed by atoms with Crippen molar-refractivity contribution in [1.29, 1.82) is 0 Å². The smallest absolute Gasteiger partial charge is 0.241 e. The molecule has 0 unspecified atom stereocenters. The van der Waals surface area contributed by atoms with E-state index >= 15 is 0 Å². The second kappa shape index (κ2) is 9.32. The van der Waals surface area contributed by atoms with Crippen molar-refractivity contribution in [2.24, 2.45) is 0 Å². The molecule has 2 heterocycles. The van der Waals surface area contributed by atoms with Gasteiger partial charge in [-0.15, -0.1) is 0 Å². The number of piperazine rings is 1. The minimum Gasteiger partial charge on any atom is -0.493 e. The van der Waals surface area contributed by atoms with Crippen LogP contribution in [0.1, 0.15) is 43.4 Å². The van der Waals surface area contributed by atoms with Gasteiger partial charge in [-0.3, -0.25) is 4.79 Å². The maximum absolute atomic E-state index is 13.3. The minimum absolute atomic E-state index is 0.0189. The lowest BCUT2D eigenvalue weighted by Gasteiger charge is -2.35. The van der Waals surface area contributed by atoms with E-state index in [1.54, 1.807) is 7.11 Å². The van der Waals surface area contributed by atoms with Crippen molar-refractivity contribution < 1.29 is 19.0 Å². The number of amides is 1.